The van der Waals surface area contributed by atoms with Crippen molar-refractivity contribution in [2.24, 2.45) is 5.73 Å². The van der Waals surface area contributed by atoms with Crippen LogP contribution in [0, 0.1) is 11.3 Å². The molecular weight excluding hydrogens is 534 g/mol. The molecule has 0 radical (unpaired) electrons. The first-order valence-electron chi connectivity index (χ1n) is 11.8. The quantitative estimate of drug-likeness (QED) is 0.283. The van der Waals surface area contributed by atoms with Gasteiger partial charge in [0, 0.05) is 23.5 Å². The van der Waals surface area contributed by atoms with Gasteiger partial charge >= 0.3 is 0 Å². The third-order valence-electron chi connectivity index (χ3n) is 6.20. The molecule has 0 saturated heterocycles. The number of imidazole rings is 1. The lowest BCUT2D eigenvalue weighted by Crippen LogP contribution is -2.31. The minimum Gasteiger partial charge on any atom is -0.497 e. The number of fused-ring (bicyclic) bond motifs is 1. The molecule has 0 saturated carbocycles. The monoisotopic (exact) mass is 557 g/mol. The predicted octanol–water partition coefficient (Wildman–Crippen LogP) is 4.52. The Morgan fingerprint density at radius 1 is 1.13 bits per heavy atom. The third-order valence-corrected chi connectivity index (χ3v) is 9.10. The molecule has 0 atom stereocenters. The molecule has 1 amide bonds. The minimum absolute atomic E-state index is 0.00581. The van der Waals surface area contributed by atoms with Crippen LogP contribution in [0.3, 0.4) is 0 Å². The highest BCUT2D eigenvalue weighted by molar-refractivity contribution is 7.92. The van der Waals surface area contributed by atoms with Gasteiger partial charge in [-0.25, -0.2) is 13.4 Å². The van der Waals surface area contributed by atoms with Gasteiger partial charge in [0.1, 0.15) is 5.75 Å². The number of ether oxygens (including phenoxy) is 1. The third kappa shape index (κ3) is 5.34. The number of amides is 1. The maximum absolute atomic E-state index is 14.1. The number of benzene rings is 3. The Morgan fingerprint density at radius 2 is 1.92 bits per heavy atom. The van der Waals surface area contributed by atoms with Gasteiger partial charge in [-0.3, -0.25) is 9.10 Å². The second-order valence-corrected chi connectivity index (χ2v) is 11.7. The molecule has 0 aliphatic heterocycles. The molecule has 0 fully saturated rings. The van der Waals surface area contributed by atoms with Gasteiger partial charge in [-0.15, -0.1) is 11.3 Å². The average molecular weight is 558 g/mol. The zero-order valence-electron chi connectivity index (χ0n) is 20.8. The highest BCUT2D eigenvalue weighted by Gasteiger charge is 2.27. The number of nitriles is 1. The van der Waals surface area contributed by atoms with Crippen LogP contribution in [0.4, 0.5) is 5.69 Å². The van der Waals surface area contributed by atoms with Gasteiger partial charge in [0.05, 0.1) is 52.8 Å². The largest absolute Gasteiger partial charge is 0.497 e. The van der Waals surface area contributed by atoms with Gasteiger partial charge in [-0.2, -0.15) is 5.26 Å². The molecule has 5 rings (SSSR count). The summed E-state index contributed by atoms with van der Waals surface area (Å²) < 4.78 is 37.4. The molecule has 11 heteroatoms. The minimum atomic E-state index is -4.05. The van der Waals surface area contributed by atoms with Gasteiger partial charge in [-0.05, 0) is 59.5 Å². The Kier molecular flexibility index (Phi) is 7.06. The zero-order chi connectivity index (χ0) is 27.6. The van der Waals surface area contributed by atoms with Crippen LogP contribution in [0.2, 0.25) is 0 Å². The number of rotatable bonds is 9. The number of carbonyl (C=O) groups is 1. The number of methoxy groups -OCH3 is 1. The molecule has 0 bridgehead atoms. The van der Waals surface area contributed by atoms with E-state index in [1.54, 1.807) is 61.1 Å². The summed E-state index contributed by atoms with van der Waals surface area (Å²) in [5.41, 5.74) is 8.04. The van der Waals surface area contributed by atoms with Crippen LogP contribution < -0.4 is 14.8 Å². The first-order valence-corrected chi connectivity index (χ1v) is 14.0. The second kappa shape index (κ2) is 10.6. The molecule has 9 nitrogen and oxygen atoms in total. The van der Waals surface area contributed by atoms with Crippen molar-refractivity contribution in [3.8, 4) is 11.8 Å². The normalized spacial score (nSPS) is 11.3. The van der Waals surface area contributed by atoms with Crippen molar-refractivity contribution < 1.29 is 17.9 Å². The molecule has 5 aromatic rings. The second-order valence-electron chi connectivity index (χ2n) is 8.71. The summed E-state index contributed by atoms with van der Waals surface area (Å²) in [5, 5.41) is 9.79. The number of thiophene rings is 1. The number of hydrogen-bond donors (Lipinski definition) is 1. The Labute approximate surface area is 229 Å². The first-order chi connectivity index (χ1) is 18.8. The van der Waals surface area contributed by atoms with E-state index in [4.69, 9.17) is 15.7 Å². The SMILES string of the molecule is COc1cccc(S(=O)(=O)N(Cc2cncn2Cc2ccc(C#N)cc2)c2ccc3sc(C(N)=O)cc3c2)c1. The number of nitrogens with two attached hydrogens (primary N) is 1. The topological polar surface area (TPSA) is 131 Å². The summed E-state index contributed by atoms with van der Waals surface area (Å²) in [6.45, 7) is 0.438. The summed E-state index contributed by atoms with van der Waals surface area (Å²) in [5.74, 6) is -0.119. The van der Waals surface area contributed by atoms with Gasteiger partial charge in [0.15, 0.2) is 0 Å². The Balaban J connectivity index is 1.57. The first kappa shape index (κ1) is 26.0. The van der Waals surface area contributed by atoms with Crippen molar-refractivity contribution in [2.45, 2.75) is 18.0 Å². The lowest BCUT2D eigenvalue weighted by molar-refractivity contribution is 0.100. The van der Waals surface area contributed by atoms with Crippen LogP contribution >= 0.6 is 11.3 Å². The van der Waals surface area contributed by atoms with Crippen LogP contribution in [0.5, 0.6) is 5.75 Å². The summed E-state index contributed by atoms with van der Waals surface area (Å²) in [6, 6.07) is 22.5. The highest BCUT2D eigenvalue weighted by Crippen LogP contribution is 2.33. The number of aromatic nitrogens is 2. The molecule has 0 unspecified atom stereocenters. The molecule has 2 N–H and O–H groups in total. The van der Waals surface area contributed by atoms with Crippen molar-refractivity contribution >= 4 is 43.0 Å². The molecule has 2 heterocycles. The number of sulfonamides is 1. The predicted molar refractivity (Wildman–Crippen MR) is 149 cm³/mol. The van der Waals surface area contributed by atoms with E-state index < -0.39 is 15.9 Å². The summed E-state index contributed by atoms with van der Waals surface area (Å²) >= 11 is 1.25. The van der Waals surface area contributed by atoms with E-state index in [0.717, 1.165) is 10.3 Å². The maximum atomic E-state index is 14.1. The fourth-order valence-corrected chi connectivity index (χ4v) is 6.52. The number of nitrogens with zero attached hydrogens (tertiary/aromatic N) is 4. The number of hydrogen-bond acceptors (Lipinski definition) is 7. The van der Waals surface area contributed by atoms with Crippen molar-refractivity contribution in [1.29, 1.82) is 5.26 Å². The van der Waals surface area contributed by atoms with E-state index in [0.29, 0.717) is 39.5 Å². The molecule has 0 aliphatic carbocycles. The maximum Gasteiger partial charge on any atom is 0.264 e. The van der Waals surface area contributed by atoms with E-state index in [2.05, 4.69) is 11.1 Å². The van der Waals surface area contributed by atoms with Crippen molar-refractivity contribution in [3.63, 3.8) is 0 Å². The summed E-state index contributed by atoms with van der Waals surface area (Å²) in [4.78, 5) is 16.5. The molecule has 0 spiro atoms. The number of carbonyl (C=O) groups excluding carboxylic acids is 1. The van der Waals surface area contributed by atoms with Crippen LogP contribution in [0.15, 0.2) is 90.2 Å². The van der Waals surface area contributed by atoms with E-state index in [9.17, 15) is 13.2 Å². The van der Waals surface area contributed by atoms with Gasteiger partial charge in [0.2, 0.25) is 0 Å². The molecule has 0 aliphatic rings. The Morgan fingerprint density at radius 3 is 2.64 bits per heavy atom. The molecule has 196 valence electrons. The lowest BCUT2D eigenvalue weighted by atomic mass is 10.1. The van der Waals surface area contributed by atoms with Crippen LogP contribution in [0.1, 0.15) is 26.5 Å². The van der Waals surface area contributed by atoms with Crippen LogP contribution in [0.25, 0.3) is 10.1 Å². The van der Waals surface area contributed by atoms with E-state index in [-0.39, 0.29) is 11.4 Å². The number of anilines is 1. The van der Waals surface area contributed by atoms with Crippen molar-refractivity contribution in [3.05, 3.63) is 107 Å². The Bertz CT molecular complexity index is 1820. The standard InChI is InChI=1S/C28H23N5O4S2/c1-37-24-3-2-4-25(13-24)39(35,36)33(22-9-10-26-21(11-22)12-27(38-26)28(30)34)17-23-15-31-18-32(23)16-20-7-5-19(14-29)6-8-20/h2-13,15,18H,16-17H2,1H3,(H2,30,34). The summed E-state index contributed by atoms with van der Waals surface area (Å²) in [6.07, 6.45) is 3.27. The molecule has 2 aromatic heterocycles. The molecule has 39 heavy (non-hydrogen) atoms. The number of primary amides is 1. The van der Waals surface area contributed by atoms with Crippen LogP contribution in [-0.4, -0.2) is 31.0 Å². The fraction of sp³-hybridized carbons (Fsp3) is 0.107. The van der Waals surface area contributed by atoms with Gasteiger partial charge < -0.3 is 15.0 Å². The lowest BCUT2D eigenvalue weighted by Gasteiger charge is -2.25. The molecule has 3 aromatic carbocycles. The van der Waals surface area contributed by atoms with Crippen molar-refractivity contribution in [2.75, 3.05) is 11.4 Å². The van der Waals surface area contributed by atoms with Gasteiger partial charge in [-0.1, -0.05) is 18.2 Å². The Hall–Kier alpha value is -4.66. The van der Waals surface area contributed by atoms with Crippen molar-refractivity contribution in [1.82, 2.24) is 9.55 Å². The molecular formula is C28H23N5O4S2. The highest BCUT2D eigenvalue weighted by atomic mass is 32.2. The fourth-order valence-electron chi connectivity index (χ4n) is 4.16. The smallest absolute Gasteiger partial charge is 0.264 e. The summed E-state index contributed by atoms with van der Waals surface area (Å²) in [7, 11) is -2.57. The average Bonchev–Trinajstić information content (AvgIpc) is 3.58. The van der Waals surface area contributed by atoms with E-state index in [1.807, 2.05) is 16.7 Å². The van der Waals surface area contributed by atoms with E-state index in [1.165, 1.54) is 34.9 Å². The van der Waals surface area contributed by atoms with Crippen LogP contribution in [-0.2, 0) is 23.1 Å². The van der Waals surface area contributed by atoms with Gasteiger partial charge in [0.25, 0.3) is 15.9 Å². The van der Waals surface area contributed by atoms with E-state index >= 15 is 0 Å². The zero-order valence-corrected chi connectivity index (χ0v) is 22.4.